The topological polar surface area (TPSA) is 56.2 Å². The molecule has 1 heterocycles. The van der Waals surface area contributed by atoms with Crippen LogP contribution >= 0.6 is 11.6 Å². The summed E-state index contributed by atoms with van der Waals surface area (Å²) in [4.78, 5) is 16.1. The quantitative estimate of drug-likeness (QED) is 0.726. The summed E-state index contributed by atoms with van der Waals surface area (Å²) in [6, 6.07) is 15.1. The fraction of sp³-hybridized carbons (Fsp3) is 0.263. The monoisotopic (exact) mass is 357 g/mol. The summed E-state index contributed by atoms with van der Waals surface area (Å²) in [5.41, 5.74) is 1.91. The number of benzene rings is 2. The van der Waals surface area contributed by atoms with E-state index in [1.54, 1.807) is 6.07 Å². The van der Waals surface area contributed by atoms with E-state index in [1.165, 1.54) is 6.92 Å². The highest BCUT2D eigenvalue weighted by Gasteiger charge is 2.17. The van der Waals surface area contributed by atoms with Crippen LogP contribution in [0.4, 0.5) is 0 Å². The fourth-order valence-corrected chi connectivity index (χ4v) is 3.03. The first-order chi connectivity index (χ1) is 12.1. The molecular weight excluding hydrogens is 338 g/mol. The summed E-state index contributed by atoms with van der Waals surface area (Å²) in [5.74, 6) is 1.38. The lowest BCUT2D eigenvalue weighted by molar-refractivity contribution is -0.119. The second kappa shape index (κ2) is 7.57. The summed E-state index contributed by atoms with van der Waals surface area (Å²) >= 11 is 6.13. The number of halogens is 1. The zero-order chi connectivity index (χ0) is 17.8. The molecule has 6 heteroatoms. The van der Waals surface area contributed by atoms with Gasteiger partial charge in [0.2, 0.25) is 5.91 Å². The molecule has 1 unspecified atom stereocenters. The molecule has 1 aromatic heterocycles. The molecule has 1 amide bonds. The highest BCUT2D eigenvalue weighted by molar-refractivity contribution is 6.32. The van der Waals surface area contributed by atoms with Crippen LogP contribution in [0.25, 0.3) is 11.0 Å². The van der Waals surface area contributed by atoms with Crippen LogP contribution in [0.1, 0.15) is 25.7 Å². The van der Waals surface area contributed by atoms with Gasteiger partial charge in [-0.15, -0.1) is 0 Å². The van der Waals surface area contributed by atoms with Gasteiger partial charge < -0.3 is 14.6 Å². The Labute approximate surface area is 151 Å². The summed E-state index contributed by atoms with van der Waals surface area (Å²) in [5, 5.41) is 3.48. The normalized spacial score (nSPS) is 12.1. The fourth-order valence-electron chi connectivity index (χ4n) is 2.84. The third kappa shape index (κ3) is 3.94. The van der Waals surface area contributed by atoms with Crippen LogP contribution in [0.2, 0.25) is 5.02 Å². The summed E-state index contributed by atoms with van der Waals surface area (Å²) in [6.07, 6.45) is 0. The van der Waals surface area contributed by atoms with E-state index in [1.807, 2.05) is 49.4 Å². The first-order valence-corrected chi connectivity index (χ1v) is 8.53. The SMILES string of the molecule is CC(=O)NC(C)c1nc2ccccc2n1CCOc1ccccc1Cl. The Bertz CT molecular complexity index is 891. The lowest BCUT2D eigenvalue weighted by Gasteiger charge is -2.16. The molecule has 0 fully saturated rings. The van der Waals surface area contributed by atoms with Gasteiger partial charge in [-0.05, 0) is 31.2 Å². The van der Waals surface area contributed by atoms with Gasteiger partial charge in [-0.2, -0.15) is 0 Å². The number of carbonyl (C=O) groups excluding carboxylic acids is 1. The van der Waals surface area contributed by atoms with E-state index in [9.17, 15) is 4.79 Å². The van der Waals surface area contributed by atoms with Gasteiger partial charge in [-0.1, -0.05) is 35.9 Å². The number of amides is 1. The maximum atomic E-state index is 11.4. The maximum absolute atomic E-state index is 11.4. The minimum Gasteiger partial charge on any atom is -0.490 e. The van der Waals surface area contributed by atoms with Crippen molar-refractivity contribution in [1.82, 2.24) is 14.9 Å². The first-order valence-electron chi connectivity index (χ1n) is 8.16. The van der Waals surface area contributed by atoms with E-state index in [2.05, 4.69) is 14.9 Å². The zero-order valence-electron chi connectivity index (χ0n) is 14.2. The summed E-state index contributed by atoms with van der Waals surface area (Å²) in [7, 11) is 0. The Hall–Kier alpha value is -2.53. The van der Waals surface area contributed by atoms with Gasteiger partial charge in [0.15, 0.2) is 0 Å². The predicted molar refractivity (Wildman–Crippen MR) is 98.9 cm³/mol. The number of nitrogens with zero attached hydrogens (tertiary/aromatic N) is 2. The van der Waals surface area contributed by atoms with Gasteiger partial charge in [0.1, 0.15) is 18.2 Å². The molecule has 2 aromatic carbocycles. The van der Waals surface area contributed by atoms with Gasteiger partial charge >= 0.3 is 0 Å². The Morgan fingerprint density at radius 3 is 2.72 bits per heavy atom. The van der Waals surface area contributed by atoms with Crippen LogP contribution in [0.5, 0.6) is 5.75 Å². The van der Waals surface area contributed by atoms with Crippen molar-refractivity contribution < 1.29 is 9.53 Å². The molecule has 0 saturated heterocycles. The average Bonchev–Trinajstić information content (AvgIpc) is 2.95. The van der Waals surface area contributed by atoms with Crippen molar-refractivity contribution in [2.24, 2.45) is 0 Å². The molecule has 0 aliphatic carbocycles. The Kier molecular flexibility index (Phi) is 5.24. The molecule has 1 atom stereocenters. The molecule has 0 spiro atoms. The number of aromatic nitrogens is 2. The molecule has 3 aromatic rings. The Balaban J connectivity index is 1.83. The van der Waals surface area contributed by atoms with Gasteiger partial charge in [0.25, 0.3) is 0 Å². The molecule has 0 aliphatic heterocycles. The maximum Gasteiger partial charge on any atom is 0.217 e. The van der Waals surface area contributed by atoms with Crippen molar-refractivity contribution in [1.29, 1.82) is 0 Å². The number of nitrogens with one attached hydrogen (secondary N) is 1. The van der Waals surface area contributed by atoms with Crippen LogP contribution in [0, 0.1) is 0 Å². The van der Waals surface area contributed by atoms with Gasteiger partial charge in [0.05, 0.1) is 28.6 Å². The standard InChI is InChI=1S/C19H20ClN3O2/c1-13(21-14(2)24)19-22-16-8-4-5-9-17(16)23(19)11-12-25-18-10-6-3-7-15(18)20/h3-10,13H,11-12H2,1-2H3,(H,21,24). The Morgan fingerprint density at radius 2 is 1.96 bits per heavy atom. The van der Waals surface area contributed by atoms with Crippen molar-refractivity contribution in [3.63, 3.8) is 0 Å². The minimum absolute atomic E-state index is 0.0848. The molecule has 130 valence electrons. The Morgan fingerprint density at radius 1 is 1.24 bits per heavy atom. The van der Waals surface area contributed by atoms with Crippen molar-refractivity contribution in [2.45, 2.75) is 26.4 Å². The van der Waals surface area contributed by atoms with E-state index >= 15 is 0 Å². The lowest BCUT2D eigenvalue weighted by Crippen LogP contribution is -2.27. The molecule has 0 bridgehead atoms. The molecule has 0 saturated carbocycles. The molecule has 0 aliphatic rings. The van der Waals surface area contributed by atoms with Crippen LogP contribution in [0.15, 0.2) is 48.5 Å². The number of carbonyl (C=O) groups is 1. The number of rotatable bonds is 6. The second-order valence-electron chi connectivity index (χ2n) is 5.81. The van der Waals surface area contributed by atoms with Crippen LogP contribution in [-0.2, 0) is 11.3 Å². The summed E-state index contributed by atoms with van der Waals surface area (Å²) < 4.78 is 7.88. The van der Waals surface area contributed by atoms with E-state index in [-0.39, 0.29) is 11.9 Å². The predicted octanol–water partition coefficient (Wildman–Crippen LogP) is 3.97. The highest BCUT2D eigenvalue weighted by atomic mass is 35.5. The van der Waals surface area contributed by atoms with E-state index in [0.717, 1.165) is 16.9 Å². The highest BCUT2D eigenvalue weighted by Crippen LogP contribution is 2.24. The minimum atomic E-state index is -0.190. The van der Waals surface area contributed by atoms with Gasteiger partial charge in [-0.25, -0.2) is 4.98 Å². The first kappa shape index (κ1) is 17.3. The van der Waals surface area contributed by atoms with Gasteiger partial charge in [0, 0.05) is 6.92 Å². The average molecular weight is 358 g/mol. The van der Waals surface area contributed by atoms with E-state index in [0.29, 0.717) is 23.9 Å². The number of ether oxygens (including phenoxy) is 1. The molecule has 5 nitrogen and oxygen atoms in total. The van der Waals surface area contributed by atoms with Crippen molar-refractivity contribution in [2.75, 3.05) is 6.61 Å². The van der Waals surface area contributed by atoms with Crippen LogP contribution in [0.3, 0.4) is 0 Å². The van der Waals surface area contributed by atoms with E-state index < -0.39 is 0 Å². The summed E-state index contributed by atoms with van der Waals surface area (Å²) in [6.45, 7) is 4.48. The number of hydrogen-bond donors (Lipinski definition) is 1. The van der Waals surface area contributed by atoms with E-state index in [4.69, 9.17) is 16.3 Å². The molecule has 0 radical (unpaired) electrons. The van der Waals surface area contributed by atoms with Crippen molar-refractivity contribution in [3.8, 4) is 5.75 Å². The molecule has 25 heavy (non-hydrogen) atoms. The van der Waals surface area contributed by atoms with Crippen LogP contribution in [-0.4, -0.2) is 22.1 Å². The number of imidazole rings is 1. The molecular formula is C19H20ClN3O2. The third-order valence-corrected chi connectivity index (χ3v) is 4.21. The lowest BCUT2D eigenvalue weighted by atomic mass is 10.3. The zero-order valence-corrected chi connectivity index (χ0v) is 15.0. The third-order valence-electron chi connectivity index (χ3n) is 3.90. The second-order valence-corrected chi connectivity index (χ2v) is 6.22. The molecule has 1 N–H and O–H groups in total. The number of para-hydroxylation sites is 3. The van der Waals surface area contributed by atoms with Crippen molar-refractivity contribution >= 4 is 28.5 Å². The van der Waals surface area contributed by atoms with Crippen LogP contribution < -0.4 is 10.1 Å². The van der Waals surface area contributed by atoms with Crippen molar-refractivity contribution in [3.05, 3.63) is 59.4 Å². The largest absolute Gasteiger partial charge is 0.490 e. The number of fused-ring (bicyclic) bond motifs is 1. The smallest absolute Gasteiger partial charge is 0.217 e. The number of hydrogen-bond acceptors (Lipinski definition) is 3. The molecule has 3 rings (SSSR count). The van der Waals surface area contributed by atoms with Gasteiger partial charge in [-0.3, -0.25) is 4.79 Å².